The van der Waals surface area contributed by atoms with Crippen LogP contribution in [0.15, 0.2) is 30.3 Å². The molecule has 2 aromatic rings. The van der Waals surface area contributed by atoms with Gasteiger partial charge in [0, 0.05) is 17.0 Å². The molecule has 1 heterocycles. The quantitative estimate of drug-likeness (QED) is 0.893. The molecule has 1 aromatic heterocycles. The Bertz CT molecular complexity index is 652. The Morgan fingerprint density at radius 1 is 1.10 bits per heavy atom. The van der Waals surface area contributed by atoms with E-state index >= 15 is 0 Å². The number of nitrogens with zero attached hydrogens (tertiary/aromatic N) is 2. The van der Waals surface area contributed by atoms with Crippen LogP contribution in [0.2, 0.25) is 0 Å². The van der Waals surface area contributed by atoms with Crippen molar-refractivity contribution in [2.75, 3.05) is 5.73 Å². The molecule has 1 aromatic carbocycles. The van der Waals surface area contributed by atoms with E-state index in [-0.39, 0.29) is 5.41 Å². The molecule has 110 valence electrons. The zero-order valence-corrected chi connectivity index (χ0v) is 13.1. The predicted molar refractivity (Wildman–Crippen MR) is 87.2 cm³/mol. The third kappa shape index (κ3) is 2.78. The highest BCUT2D eigenvalue weighted by atomic mass is 15.0. The minimum atomic E-state index is -0.102. The smallest absolute Gasteiger partial charge is 0.136 e. The highest BCUT2D eigenvalue weighted by Crippen LogP contribution is 2.41. The molecule has 0 atom stereocenters. The second-order valence-corrected chi connectivity index (χ2v) is 6.97. The van der Waals surface area contributed by atoms with Gasteiger partial charge in [-0.1, -0.05) is 51.5 Å². The molecule has 0 unspecified atom stereocenters. The lowest BCUT2D eigenvalue weighted by atomic mass is 9.78. The van der Waals surface area contributed by atoms with E-state index in [0.29, 0.717) is 11.7 Å². The topological polar surface area (TPSA) is 51.8 Å². The van der Waals surface area contributed by atoms with Crippen molar-refractivity contribution in [3.05, 3.63) is 41.7 Å². The molecule has 0 bridgehead atoms. The summed E-state index contributed by atoms with van der Waals surface area (Å²) in [7, 11) is 0. The molecule has 1 fully saturated rings. The van der Waals surface area contributed by atoms with Crippen LogP contribution in [0.25, 0.3) is 11.3 Å². The molecule has 3 heteroatoms. The van der Waals surface area contributed by atoms with Gasteiger partial charge in [-0.3, -0.25) is 0 Å². The Kier molecular flexibility index (Phi) is 3.44. The normalized spacial score (nSPS) is 15.8. The van der Waals surface area contributed by atoms with Gasteiger partial charge in [-0.05, 0) is 24.3 Å². The first-order valence-corrected chi connectivity index (χ1v) is 7.69. The van der Waals surface area contributed by atoms with E-state index in [9.17, 15) is 0 Å². The Hall–Kier alpha value is -1.90. The maximum Gasteiger partial charge on any atom is 0.136 e. The number of hydrogen-bond acceptors (Lipinski definition) is 3. The molecule has 0 aliphatic heterocycles. The molecule has 1 aliphatic carbocycles. The third-order valence-corrected chi connectivity index (χ3v) is 4.20. The van der Waals surface area contributed by atoms with E-state index in [0.717, 1.165) is 11.5 Å². The van der Waals surface area contributed by atoms with Gasteiger partial charge in [0.1, 0.15) is 11.6 Å². The van der Waals surface area contributed by atoms with Crippen LogP contribution in [-0.4, -0.2) is 9.97 Å². The monoisotopic (exact) mass is 281 g/mol. The second kappa shape index (κ2) is 5.14. The molecule has 2 N–H and O–H groups in total. The fourth-order valence-electron chi connectivity index (χ4n) is 2.74. The molecule has 0 amide bonds. The summed E-state index contributed by atoms with van der Waals surface area (Å²) in [6.45, 7) is 6.34. The average molecular weight is 281 g/mol. The molecule has 21 heavy (non-hydrogen) atoms. The van der Waals surface area contributed by atoms with Gasteiger partial charge < -0.3 is 5.73 Å². The molecule has 0 radical (unpaired) electrons. The Morgan fingerprint density at radius 3 is 2.43 bits per heavy atom. The summed E-state index contributed by atoms with van der Waals surface area (Å²) in [6, 6.07) is 10.5. The minimum Gasteiger partial charge on any atom is -0.384 e. The molecule has 1 saturated carbocycles. The molecule has 3 nitrogen and oxygen atoms in total. The first kappa shape index (κ1) is 14.1. The van der Waals surface area contributed by atoms with E-state index in [4.69, 9.17) is 10.7 Å². The van der Waals surface area contributed by atoms with Crippen LogP contribution in [0.1, 0.15) is 57.3 Å². The number of nitrogens with two attached hydrogens (primary N) is 1. The van der Waals surface area contributed by atoms with Gasteiger partial charge in [0.25, 0.3) is 0 Å². The fraction of sp³-hybridized carbons (Fsp3) is 0.444. The maximum atomic E-state index is 6.01. The van der Waals surface area contributed by atoms with E-state index < -0.39 is 0 Å². The zero-order valence-electron chi connectivity index (χ0n) is 13.1. The number of hydrogen-bond donors (Lipinski definition) is 1. The number of aromatic nitrogens is 2. The second-order valence-electron chi connectivity index (χ2n) is 6.97. The molecular weight excluding hydrogens is 258 g/mol. The van der Waals surface area contributed by atoms with Crippen molar-refractivity contribution in [2.45, 2.75) is 51.4 Å². The van der Waals surface area contributed by atoms with Crippen molar-refractivity contribution >= 4 is 5.82 Å². The minimum absolute atomic E-state index is 0.102. The number of rotatable bonds is 2. The Morgan fingerprint density at radius 2 is 1.81 bits per heavy atom. The summed E-state index contributed by atoms with van der Waals surface area (Å²) in [6.07, 6.45) is 3.89. The van der Waals surface area contributed by atoms with Crippen LogP contribution < -0.4 is 5.73 Å². The number of benzene rings is 1. The van der Waals surface area contributed by atoms with E-state index in [1.54, 1.807) is 0 Å². The maximum absolute atomic E-state index is 6.01. The summed E-state index contributed by atoms with van der Waals surface area (Å²) >= 11 is 0. The van der Waals surface area contributed by atoms with Crippen molar-refractivity contribution in [3.63, 3.8) is 0 Å². The van der Waals surface area contributed by atoms with E-state index in [1.165, 1.54) is 30.4 Å². The van der Waals surface area contributed by atoms with Crippen LogP contribution >= 0.6 is 0 Å². The lowest BCUT2D eigenvalue weighted by Gasteiger charge is -2.28. The Balaban J connectivity index is 2.10. The molecular formula is C18H23N3. The lowest BCUT2D eigenvalue weighted by Crippen LogP contribution is -2.18. The lowest BCUT2D eigenvalue weighted by molar-refractivity contribution is 0.420. The van der Waals surface area contributed by atoms with Crippen molar-refractivity contribution in [3.8, 4) is 11.3 Å². The SMILES string of the molecule is CC(C)(C)c1nc(N)cc(-c2ccccc2C2CCC2)n1. The van der Waals surface area contributed by atoms with Crippen LogP contribution in [-0.2, 0) is 5.41 Å². The van der Waals surface area contributed by atoms with Crippen molar-refractivity contribution in [2.24, 2.45) is 0 Å². The van der Waals surface area contributed by atoms with Crippen molar-refractivity contribution < 1.29 is 0 Å². The molecule has 3 rings (SSSR count). The zero-order chi connectivity index (χ0) is 15.0. The summed E-state index contributed by atoms with van der Waals surface area (Å²) in [4.78, 5) is 9.19. The summed E-state index contributed by atoms with van der Waals surface area (Å²) in [5.74, 6) is 2.03. The van der Waals surface area contributed by atoms with Gasteiger partial charge >= 0.3 is 0 Å². The van der Waals surface area contributed by atoms with Crippen LogP contribution in [0.4, 0.5) is 5.82 Å². The van der Waals surface area contributed by atoms with Gasteiger partial charge in [-0.25, -0.2) is 9.97 Å². The first-order valence-electron chi connectivity index (χ1n) is 7.69. The summed E-state index contributed by atoms with van der Waals surface area (Å²) in [5.41, 5.74) is 9.48. The Labute approximate surface area is 126 Å². The van der Waals surface area contributed by atoms with E-state index in [1.807, 2.05) is 6.07 Å². The predicted octanol–water partition coefficient (Wildman–Crippen LogP) is 4.29. The van der Waals surface area contributed by atoms with Gasteiger partial charge in [0.05, 0.1) is 5.69 Å². The van der Waals surface area contributed by atoms with Crippen LogP contribution in [0.3, 0.4) is 0 Å². The third-order valence-electron chi connectivity index (χ3n) is 4.20. The summed E-state index contributed by atoms with van der Waals surface area (Å²) < 4.78 is 0. The average Bonchev–Trinajstić information content (AvgIpc) is 2.35. The molecule has 0 saturated heterocycles. The van der Waals surface area contributed by atoms with Crippen molar-refractivity contribution in [1.82, 2.24) is 9.97 Å². The number of anilines is 1. The van der Waals surface area contributed by atoms with E-state index in [2.05, 4.69) is 50.0 Å². The summed E-state index contributed by atoms with van der Waals surface area (Å²) in [5, 5.41) is 0. The largest absolute Gasteiger partial charge is 0.384 e. The first-order chi connectivity index (χ1) is 9.95. The highest BCUT2D eigenvalue weighted by molar-refractivity contribution is 5.67. The molecule has 1 aliphatic rings. The van der Waals surface area contributed by atoms with Gasteiger partial charge in [-0.2, -0.15) is 0 Å². The number of nitrogen functional groups attached to an aromatic ring is 1. The fourth-order valence-corrected chi connectivity index (χ4v) is 2.74. The standard InChI is InChI=1S/C18H23N3/c1-18(2,3)17-20-15(11-16(19)21-17)14-10-5-4-9-13(14)12-7-6-8-12/h4-5,9-12H,6-8H2,1-3H3,(H2,19,20,21). The highest BCUT2D eigenvalue weighted by Gasteiger charge is 2.24. The van der Waals surface area contributed by atoms with Gasteiger partial charge in [0.2, 0.25) is 0 Å². The van der Waals surface area contributed by atoms with Crippen LogP contribution in [0, 0.1) is 0 Å². The molecule has 0 spiro atoms. The van der Waals surface area contributed by atoms with Crippen molar-refractivity contribution in [1.29, 1.82) is 0 Å². The van der Waals surface area contributed by atoms with Crippen LogP contribution in [0.5, 0.6) is 0 Å². The van der Waals surface area contributed by atoms with Gasteiger partial charge in [-0.15, -0.1) is 0 Å². The van der Waals surface area contributed by atoms with Gasteiger partial charge in [0.15, 0.2) is 0 Å².